The van der Waals surface area contributed by atoms with Crippen molar-refractivity contribution in [2.24, 2.45) is 0 Å². The molecule has 2 unspecified atom stereocenters. The summed E-state index contributed by atoms with van der Waals surface area (Å²) >= 11 is 0. The Labute approximate surface area is 121 Å². The molecule has 114 valence electrons. The molecule has 0 aliphatic heterocycles. The van der Waals surface area contributed by atoms with Crippen LogP contribution in [-0.4, -0.2) is 30.3 Å². The van der Waals surface area contributed by atoms with E-state index in [0.29, 0.717) is 17.8 Å². The quantitative estimate of drug-likeness (QED) is 0.868. The lowest BCUT2D eigenvalue weighted by molar-refractivity contribution is -0.0306. The number of aromatic nitrogens is 2. The lowest BCUT2D eigenvalue weighted by Gasteiger charge is -2.28. The number of methoxy groups -OCH3 is 1. The van der Waals surface area contributed by atoms with Crippen LogP contribution in [0.4, 0.5) is 0 Å². The minimum absolute atomic E-state index is 0.332. The molecule has 1 aromatic heterocycles. The highest BCUT2D eigenvalue weighted by Crippen LogP contribution is 2.35. The minimum atomic E-state index is -0.411. The smallest absolute Gasteiger partial charge is 0.231 e. The van der Waals surface area contributed by atoms with Crippen molar-refractivity contribution >= 4 is 0 Å². The third-order valence-electron chi connectivity index (χ3n) is 4.84. The van der Waals surface area contributed by atoms with Crippen LogP contribution in [0.3, 0.4) is 0 Å². The Morgan fingerprint density at radius 1 is 1.30 bits per heavy atom. The molecule has 0 bridgehead atoms. The van der Waals surface area contributed by atoms with Crippen molar-refractivity contribution in [3.63, 3.8) is 0 Å². The Bertz CT molecular complexity index is 407. The van der Waals surface area contributed by atoms with Crippen molar-refractivity contribution in [1.82, 2.24) is 15.5 Å². The van der Waals surface area contributed by atoms with Gasteiger partial charge in [0.2, 0.25) is 11.7 Å². The molecule has 5 heteroatoms. The first-order chi connectivity index (χ1) is 9.70. The van der Waals surface area contributed by atoms with E-state index in [0.717, 1.165) is 25.2 Å². The number of ether oxygens (including phenoxy) is 1. The number of hydrogen-bond donors (Lipinski definition) is 1. The molecule has 2 rings (SSSR count). The maximum Gasteiger partial charge on any atom is 0.231 e. The molecule has 0 amide bonds. The number of likely N-dealkylation sites (N-methyl/N-ethyl adjacent to an activating group) is 1. The zero-order valence-electron chi connectivity index (χ0n) is 13.1. The fraction of sp³-hybridized carbons (Fsp3) is 0.867. The summed E-state index contributed by atoms with van der Waals surface area (Å²) in [6.07, 6.45) is 6.49. The van der Waals surface area contributed by atoms with E-state index in [4.69, 9.17) is 9.26 Å². The van der Waals surface area contributed by atoms with E-state index in [-0.39, 0.29) is 0 Å². The van der Waals surface area contributed by atoms with Crippen LogP contribution >= 0.6 is 0 Å². The molecule has 1 fully saturated rings. The van der Waals surface area contributed by atoms with Gasteiger partial charge in [-0.05, 0) is 32.7 Å². The van der Waals surface area contributed by atoms with Crippen LogP contribution < -0.4 is 5.32 Å². The van der Waals surface area contributed by atoms with E-state index in [1.165, 1.54) is 19.3 Å². The highest BCUT2D eigenvalue weighted by molar-refractivity contribution is 5.06. The van der Waals surface area contributed by atoms with Gasteiger partial charge in [-0.1, -0.05) is 31.8 Å². The summed E-state index contributed by atoms with van der Waals surface area (Å²) in [5.41, 5.74) is -0.411. The predicted molar refractivity (Wildman–Crippen MR) is 77.6 cm³/mol. The second-order valence-electron chi connectivity index (χ2n) is 5.65. The molecule has 0 spiro atoms. The molecule has 0 aromatic carbocycles. The van der Waals surface area contributed by atoms with Gasteiger partial charge in [-0.15, -0.1) is 0 Å². The van der Waals surface area contributed by atoms with Crippen LogP contribution in [0.1, 0.15) is 70.0 Å². The number of nitrogens with zero attached hydrogens (tertiary/aromatic N) is 2. The first-order valence-corrected chi connectivity index (χ1v) is 7.77. The van der Waals surface area contributed by atoms with Crippen LogP contribution in [0.15, 0.2) is 4.52 Å². The summed E-state index contributed by atoms with van der Waals surface area (Å²) in [4.78, 5) is 4.67. The van der Waals surface area contributed by atoms with Crippen LogP contribution in [0.5, 0.6) is 0 Å². The van der Waals surface area contributed by atoms with Crippen molar-refractivity contribution < 1.29 is 9.26 Å². The third-order valence-corrected chi connectivity index (χ3v) is 4.84. The maximum absolute atomic E-state index is 5.68. The molecule has 1 heterocycles. The fourth-order valence-corrected chi connectivity index (χ4v) is 3.29. The fourth-order valence-electron chi connectivity index (χ4n) is 3.29. The Kier molecular flexibility index (Phi) is 5.16. The zero-order valence-corrected chi connectivity index (χ0v) is 13.1. The van der Waals surface area contributed by atoms with Gasteiger partial charge in [-0.3, -0.25) is 0 Å². The Hall–Kier alpha value is -0.940. The number of rotatable bonds is 6. The molecular weight excluding hydrogens is 254 g/mol. The minimum Gasteiger partial charge on any atom is -0.370 e. The zero-order chi connectivity index (χ0) is 14.6. The summed E-state index contributed by atoms with van der Waals surface area (Å²) in [7, 11) is 3.73. The van der Waals surface area contributed by atoms with Gasteiger partial charge in [0.1, 0.15) is 5.60 Å². The van der Waals surface area contributed by atoms with E-state index in [1.54, 1.807) is 7.11 Å². The molecule has 1 aliphatic rings. The largest absolute Gasteiger partial charge is 0.370 e. The second kappa shape index (κ2) is 6.68. The Morgan fingerprint density at radius 2 is 2.00 bits per heavy atom. The van der Waals surface area contributed by atoms with Gasteiger partial charge >= 0.3 is 0 Å². The summed E-state index contributed by atoms with van der Waals surface area (Å²) < 4.78 is 11.2. The predicted octanol–water partition coefficient (Wildman–Crippen LogP) is 2.98. The first-order valence-electron chi connectivity index (χ1n) is 7.77. The SMILES string of the molecule is CCC(CC)(OC)c1noc(C2CCCCC2NC)n1. The van der Waals surface area contributed by atoms with E-state index >= 15 is 0 Å². The van der Waals surface area contributed by atoms with Crippen LogP contribution in [0.25, 0.3) is 0 Å². The molecule has 1 aromatic rings. The van der Waals surface area contributed by atoms with Gasteiger partial charge in [0.25, 0.3) is 0 Å². The van der Waals surface area contributed by atoms with E-state index < -0.39 is 5.60 Å². The molecule has 2 atom stereocenters. The molecule has 0 saturated heterocycles. The van der Waals surface area contributed by atoms with Gasteiger partial charge in [0.05, 0.1) is 5.92 Å². The lowest BCUT2D eigenvalue weighted by Crippen LogP contribution is -2.35. The van der Waals surface area contributed by atoms with Gasteiger partial charge < -0.3 is 14.6 Å². The van der Waals surface area contributed by atoms with Crippen LogP contribution in [0, 0.1) is 0 Å². The monoisotopic (exact) mass is 281 g/mol. The Balaban J connectivity index is 2.23. The normalized spacial score (nSPS) is 24.0. The van der Waals surface area contributed by atoms with Gasteiger partial charge in [0.15, 0.2) is 0 Å². The van der Waals surface area contributed by atoms with Crippen molar-refractivity contribution in [3.8, 4) is 0 Å². The number of nitrogens with one attached hydrogen (secondary N) is 1. The summed E-state index contributed by atoms with van der Waals surface area (Å²) in [5.74, 6) is 1.79. The average Bonchev–Trinajstić information content (AvgIpc) is 3.00. The number of hydrogen-bond acceptors (Lipinski definition) is 5. The molecule has 5 nitrogen and oxygen atoms in total. The standard InChI is InChI=1S/C15H27N3O2/c1-5-15(6-2,19-4)14-17-13(20-18-14)11-9-7-8-10-12(11)16-3/h11-12,16H,5-10H2,1-4H3. The Morgan fingerprint density at radius 3 is 2.60 bits per heavy atom. The van der Waals surface area contributed by atoms with E-state index in [9.17, 15) is 0 Å². The van der Waals surface area contributed by atoms with Crippen molar-refractivity contribution in [1.29, 1.82) is 0 Å². The molecule has 1 N–H and O–H groups in total. The van der Waals surface area contributed by atoms with Gasteiger partial charge in [-0.25, -0.2) is 0 Å². The van der Waals surface area contributed by atoms with Gasteiger partial charge in [0, 0.05) is 13.2 Å². The molecule has 20 heavy (non-hydrogen) atoms. The average molecular weight is 281 g/mol. The highest BCUT2D eigenvalue weighted by Gasteiger charge is 2.36. The van der Waals surface area contributed by atoms with Crippen LogP contribution in [0.2, 0.25) is 0 Å². The van der Waals surface area contributed by atoms with Crippen molar-refractivity contribution in [2.75, 3.05) is 14.2 Å². The summed E-state index contributed by atoms with van der Waals surface area (Å²) in [6.45, 7) is 4.19. The molecule has 1 saturated carbocycles. The highest BCUT2D eigenvalue weighted by atomic mass is 16.5. The van der Waals surface area contributed by atoms with Crippen molar-refractivity contribution in [3.05, 3.63) is 11.7 Å². The molecular formula is C15H27N3O2. The first kappa shape index (κ1) is 15.4. The van der Waals surface area contributed by atoms with Crippen molar-refractivity contribution in [2.45, 2.75) is 69.9 Å². The van der Waals surface area contributed by atoms with Gasteiger partial charge in [-0.2, -0.15) is 4.98 Å². The van der Waals surface area contributed by atoms with E-state index in [2.05, 4.69) is 29.3 Å². The molecule has 0 radical (unpaired) electrons. The second-order valence-corrected chi connectivity index (χ2v) is 5.65. The maximum atomic E-state index is 5.68. The van der Waals surface area contributed by atoms with E-state index in [1.807, 2.05) is 7.05 Å². The lowest BCUT2D eigenvalue weighted by atomic mass is 9.84. The third kappa shape index (κ3) is 2.74. The summed E-state index contributed by atoms with van der Waals surface area (Å²) in [6, 6.07) is 0.442. The summed E-state index contributed by atoms with van der Waals surface area (Å²) in [5, 5.41) is 7.59. The molecule has 1 aliphatic carbocycles. The topological polar surface area (TPSA) is 60.2 Å². The van der Waals surface area contributed by atoms with Crippen LogP contribution in [-0.2, 0) is 10.3 Å².